The van der Waals surface area contributed by atoms with Crippen LogP contribution in [0.25, 0.3) is 10.8 Å². The smallest absolute Gasteiger partial charge is 0.150 e. The van der Waals surface area contributed by atoms with Crippen molar-refractivity contribution in [3.05, 3.63) is 47.0 Å². The molecule has 0 saturated carbocycles. The number of carbonyl (C=O) groups is 1. The normalized spacial score (nSPS) is 10.8. The second-order valence-corrected chi connectivity index (χ2v) is 4.80. The van der Waals surface area contributed by atoms with E-state index in [0.717, 1.165) is 31.1 Å². The Morgan fingerprint density at radius 2 is 1.78 bits per heavy atom. The van der Waals surface area contributed by atoms with Gasteiger partial charge in [-0.3, -0.25) is 4.79 Å². The quantitative estimate of drug-likeness (QED) is 0.700. The molecule has 94 valence electrons. The molecule has 2 aromatic rings. The summed E-state index contributed by atoms with van der Waals surface area (Å²) in [6.45, 7) is 4.43. The van der Waals surface area contributed by atoms with Crippen LogP contribution in [0.1, 0.15) is 48.2 Å². The average molecular weight is 240 g/mol. The molecule has 0 spiro atoms. The topological polar surface area (TPSA) is 17.1 Å². The number of fused-ring (bicyclic) bond motifs is 1. The Hall–Kier alpha value is -1.63. The van der Waals surface area contributed by atoms with Crippen LogP contribution in [0.15, 0.2) is 30.3 Å². The van der Waals surface area contributed by atoms with E-state index in [-0.39, 0.29) is 0 Å². The maximum Gasteiger partial charge on any atom is 0.150 e. The highest BCUT2D eigenvalue weighted by Gasteiger charge is 2.07. The van der Waals surface area contributed by atoms with Gasteiger partial charge >= 0.3 is 0 Å². The number of hydrogen-bond donors (Lipinski definition) is 0. The fourth-order valence-corrected chi connectivity index (χ4v) is 2.58. The van der Waals surface area contributed by atoms with Gasteiger partial charge in [-0.1, -0.05) is 51.0 Å². The zero-order valence-corrected chi connectivity index (χ0v) is 11.2. The molecule has 0 saturated heterocycles. The van der Waals surface area contributed by atoms with Crippen LogP contribution in [-0.2, 0) is 12.8 Å². The predicted molar refractivity (Wildman–Crippen MR) is 77.3 cm³/mol. The molecule has 0 aromatic heterocycles. The van der Waals surface area contributed by atoms with Crippen LogP contribution in [0.4, 0.5) is 0 Å². The molecule has 0 amide bonds. The highest BCUT2D eigenvalue weighted by atomic mass is 16.1. The lowest BCUT2D eigenvalue weighted by atomic mass is 9.93. The first kappa shape index (κ1) is 12.8. The minimum atomic E-state index is 0.758. The van der Waals surface area contributed by atoms with Gasteiger partial charge in [-0.25, -0.2) is 0 Å². The van der Waals surface area contributed by atoms with E-state index in [1.54, 1.807) is 0 Å². The van der Waals surface area contributed by atoms with E-state index in [0.29, 0.717) is 0 Å². The van der Waals surface area contributed by atoms with E-state index < -0.39 is 0 Å². The van der Waals surface area contributed by atoms with Gasteiger partial charge in [0, 0.05) is 5.56 Å². The molecule has 18 heavy (non-hydrogen) atoms. The van der Waals surface area contributed by atoms with Gasteiger partial charge in [-0.15, -0.1) is 0 Å². The number of rotatable bonds is 5. The van der Waals surface area contributed by atoms with Gasteiger partial charge in [0.25, 0.3) is 0 Å². The standard InChI is InChI=1S/C17H20O/c1-3-5-14-8-9-15-11-13(12-18)7-10-17(15)16(14)6-4-2/h7-12H,3-6H2,1-2H3. The Morgan fingerprint density at radius 3 is 2.44 bits per heavy atom. The van der Waals surface area contributed by atoms with Crippen LogP contribution in [0.2, 0.25) is 0 Å². The van der Waals surface area contributed by atoms with Gasteiger partial charge in [-0.2, -0.15) is 0 Å². The monoisotopic (exact) mass is 240 g/mol. The van der Waals surface area contributed by atoms with Crippen LogP contribution in [0.3, 0.4) is 0 Å². The maximum absolute atomic E-state index is 10.8. The van der Waals surface area contributed by atoms with E-state index in [9.17, 15) is 4.79 Å². The lowest BCUT2D eigenvalue weighted by molar-refractivity contribution is 0.112. The summed E-state index contributed by atoms with van der Waals surface area (Å²) in [6.07, 6.45) is 5.51. The summed E-state index contributed by atoms with van der Waals surface area (Å²) in [6, 6.07) is 10.4. The summed E-state index contributed by atoms with van der Waals surface area (Å²) in [4.78, 5) is 10.8. The van der Waals surface area contributed by atoms with Crippen molar-refractivity contribution < 1.29 is 4.79 Å². The molecule has 0 radical (unpaired) electrons. The Kier molecular flexibility index (Phi) is 4.14. The molecule has 0 heterocycles. The van der Waals surface area contributed by atoms with E-state index >= 15 is 0 Å². The highest BCUT2D eigenvalue weighted by Crippen LogP contribution is 2.25. The van der Waals surface area contributed by atoms with Crippen molar-refractivity contribution in [2.75, 3.05) is 0 Å². The molecule has 2 aromatic carbocycles. The summed E-state index contributed by atoms with van der Waals surface area (Å²) >= 11 is 0. The van der Waals surface area contributed by atoms with Crippen molar-refractivity contribution in [2.24, 2.45) is 0 Å². The number of aryl methyl sites for hydroxylation is 2. The van der Waals surface area contributed by atoms with Gasteiger partial charge in [-0.05, 0) is 40.8 Å². The second kappa shape index (κ2) is 5.81. The Labute approximate surface area is 109 Å². The zero-order chi connectivity index (χ0) is 13.0. The molecule has 0 unspecified atom stereocenters. The van der Waals surface area contributed by atoms with Crippen LogP contribution in [0, 0.1) is 0 Å². The molecule has 0 N–H and O–H groups in total. The Bertz CT molecular complexity index is 555. The Balaban J connectivity index is 2.61. The molecule has 1 heteroatoms. The van der Waals surface area contributed by atoms with E-state index in [1.165, 1.54) is 28.3 Å². The summed E-state index contributed by atoms with van der Waals surface area (Å²) in [5, 5.41) is 2.50. The van der Waals surface area contributed by atoms with E-state index in [1.807, 2.05) is 12.1 Å². The van der Waals surface area contributed by atoms with Crippen molar-refractivity contribution in [3.8, 4) is 0 Å². The fourth-order valence-electron chi connectivity index (χ4n) is 2.58. The van der Waals surface area contributed by atoms with Gasteiger partial charge in [0.05, 0.1) is 0 Å². The van der Waals surface area contributed by atoms with Crippen molar-refractivity contribution in [1.82, 2.24) is 0 Å². The van der Waals surface area contributed by atoms with Gasteiger partial charge in [0.15, 0.2) is 0 Å². The first-order chi connectivity index (χ1) is 8.80. The minimum absolute atomic E-state index is 0.758. The van der Waals surface area contributed by atoms with E-state index in [4.69, 9.17) is 0 Å². The SMILES string of the molecule is CCCc1ccc2cc(C=O)ccc2c1CCC. The Morgan fingerprint density at radius 1 is 1.00 bits per heavy atom. The van der Waals surface area contributed by atoms with Crippen molar-refractivity contribution >= 4 is 17.1 Å². The molecule has 0 aliphatic rings. The van der Waals surface area contributed by atoms with Gasteiger partial charge in [0.2, 0.25) is 0 Å². The number of hydrogen-bond acceptors (Lipinski definition) is 1. The number of aldehydes is 1. The number of carbonyl (C=O) groups excluding carboxylic acids is 1. The van der Waals surface area contributed by atoms with Crippen LogP contribution in [0.5, 0.6) is 0 Å². The molecule has 1 nitrogen and oxygen atoms in total. The summed E-state index contributed by atoms with van der Waals surface area (Å²) in [5.41, 5.74) is 3.69. The largest absolute Gasteiger partial charge is 0.298 e. The molecular formula is C17H20O. The summed E-state index contributed by atoms with van der Waals surface area (Å²) in [5.74, 6) is 0. The molecule has 0 bridgehead atoms. The van der Waals surface area contributed by atoms with Crippen molar-refractivity contribution in [1.29, 1.82) is 0 Å². The summed E-state index contributed by atoms with van der Waals surface area (Å²) in [7, 11) is 0. The third-order valence-corrected chi connectivity index (χ3v) is 3.41. The number of benzene rings is 2. The molecular weight excluding hydrogens is 220 g/mol. The second-order valence-electron chi connectivity index (χ2n) is 4.80. The van der Waals surface area contributed by atoms with Crippen molar-refractivity contribution in [2.45, 2.75) is 39.5 Å². The first-order valence-electron chi connectivity index (χ1n) is 6.79. The lowest BCUT2D eigenvalue weighted by Gasteiger charge is -2.12. The molecule has 2 rings (SSSR count). The third kappa shape index (κ3) is 2.45. The third-order valence-electron chi connectivity index (χ3n) is 3.41. The predicted octanol–water partition coefficient (Wildman–Crippen LogP) is 4.56. The molecule has 0 aliphatic heterocycles. The average Bonchev–Trinajstić information content (AvgIpc) is 2.41. The van der Waals surface area contributed by atoms with E-state index in [2.05, 4.69) is 32.0 Å². The van der Waals surface area contributed by atoms with Gasteiger partial charge in [0.1, 0.15) is 6.29 Å². The van der Waals surface area contributed by atoms with Crippen LogP contribution in [-0.4, -0.2) is 6.29 Å². The summed E-state index contributed by atoms with van der Waals surface area (Å²) < 4.78 is 0. The molecule has 0 atom stereocenters. The van der Waals surface area contributed by atoms with Gasteiger partial charge < -0.3 is 0 Å². The van der Waals surface area contributed by atoms with Crippen LogP contribution < -0.4 is 0 Å². The first-order valence-corrected chi connectivity index (χ1v) is 6.79. The highest BCUT2D eigenvalue weighted by molar-refractivity contribution is 5.91. The lowest BCUT2D eigenvalue weighted by Crippen LogP contribution is -1.96. The fraction of sp³-hybridized carbons (Fsp3) is 0.353. The van der Waals surface area contributed by atoms with Crippen molar-refractivity contribution in [3.63, 3.8) is 0 Å². The minimum Gasteiger partial charge on any atom is -0.298 e. The molecule has 0 fully saturated rings. The zero-order valence-electron chi connectivity index (χ0n) is 11.2. The van der Waals surface area contributed by atoms with Crippen LogP contribution >= 0.6 is 0 Å². The maximum atomic E-state index is 10.8. The molecule has 0 aliphatic carbocycles.